The summed E-state index contributed by atoms with van der Waals surface area (Å²) >= 11 is 0. The average Bonchev–Trinajstić information content (AvgIpc) is 3.19. The molecule has 1 heterocycles. The molecule has 0 aliphatic heterocycles. The lowest BCUT2D eigenvalue weighted by molar-refractivity contribution is -0.142. The Labute approximate surface area is 134 Å². The molecule has 2 atom stereocenters. The molecular weight excluding hydrogens is 294 g/mol. The predicted molar refractivity (Wildman–Crippen MR) is 84.0 cm³/mol. The molecule has 1 aromatic heterocycles. The third-order valence-corrected chi connectivity index (χ3v) is 4.27. The molecule has 1 saturated carbocycles. The first-order valence-electron chi connectivity index (χ1n) is 7.73. The molecule has 0 unspecified atom stereocenters. The second-order valence-electron chi connectivity index (χ2n) is 5.86. The fourth-order valence-electron chi connectivity index (χ4n) is 3.02. The minimum atomic E-state index is -0.831. The largest absolute Gasteiger partial charge is 0.481 e. The van der Waals surface area contributed by atoms with E-state index < -0.39 is 11.9 Å². The second kappa shape index (κ2) is 6.64. The molecular formula is C17H19N3O3. The number of rotatable bonds is 5. The van der Waals surface area contributed by atoms with Crippen LogP contribution in [0, 0.1) is 5.92 Å². The van der Waals surface area contributed by atoms with E-state index in [0.29, 0.717) is 18.5 Å². The second-order valence-corrected chi connectivity index (χ2v) is 5.86. The summed E-state index contributed by atoms with van der Waals surface area (Å²) in [5, 5.41) is 16.2. The summed E-state index contributed by atoms with van der Waals surface area (Å²) in [5.41, 5.74) is 1.60. The lowest BCUT2D eigenvalue weighted by Gasteiger charge is -2.17. The number of aliphatic carboxylic acids is 1. The zero-order valence-electron chi connectivity index (χ0n) is 12.7. The summed E-state index contributed by atoms with van der Waals surface area (Å²) in [7, 11) is 0. The Morgan fingerprint density at radius 2 is 2.04 bits per heavy atom. The maximum absolute atomic E-state index is 12.3. The molecule has 0 saturated heterocycles. The van der Waals surface area contributed by atoms with Gasteiger partial charge in [-0.25, -0.2) is 0 Å². The zero-order chi connectivity index (χ0) is 16.2. The van der Waals surface area contributed by atoms with Crippen LogP contribution in [0.5, 0.6) is 0 Å². The number of amides is 1. The van der Waals surface area contributed by atoms with Crippen LogP contribution in [0.2, 0.25) is 0 Å². The molecule has 6 heteroatoms. The van der Waals surface area contributed by atoms with E-state index in [-0.39, 0.29) is 11.9 Å². The molecule has 1 aliphatic carbocycles. The van der Waals surface area contributed by atoms with Crippen LogP contribution in [0.3, 0.4) is 0 Å². The van der Waals surface area contributed by atoms with Crippen molar-refractivity contribution in [3.63, 3.8) is 0 Å². The fraction of sp³-hybridized carbons (Fsp3) is 0.353. The number of hydrogen-bond acceptors (Lipinski definition) is 3. The molecule has 1 aliphatic rings. The topological polar surface area (TPSA) is 84.2 Å². The number of nitrogens with one attached hydrogen (secondary N) is 1. The predicted octanol–water partition coefficient (Wildman–Crippen LogP) is 1.91. The van der Waals surface area contributed by atoms with Gasteiger partial charge < -0.3 is 10.4 Å². The number of hydrogen-bond donors (Lipinski definition) is 2. The van der Waals surface area contributed by atoms with Crippen molar-refractivity contribution >= 4 is 11.9 Å². The normalized spacial score (nSPS) is 20.3. The highest BCUT2D eigenvalue weighted by Crippen LogP contribution is 2.26. The van der Waals surface area contributed by atoms with Crippen molar-refractivity contribution in [1.29, 1.82) is 0 Å². The standard InChI is InChI=1S/C17H19N3O3/c21-16(19-15-4-1-3-14(15)17(22)23)13-7-5-12(6-8-13)11-20-10-2-9-18-20/h2,5-10,14-15H,1,3-4,11H2,(H,19,21)(H,22,23)/t14-,15+/m1/s1. The van der Waals surface area contributed by atoms with Gasteiger partial charge in [-0.15, -0.1) is 0 Å². The Morgan fingerprint density at radius 3 is 2.70 bits per heavy atom. The molecule has 2 N–H and O–H groups in total. The van der Waals surface area contributed by atoms with E-state index in [9.17, 15) is 9.59 Å². The summed E-state index contributed by atoms with van der Waals surface area (Å²) < 4.78 is 1.81. The van der Waals surface area contributed by atoms with Gasteiger partial charge in [-0.05, 0) is 36.6 Å². The minimum Gasteiger partial charge on any atom is -0.481 e. The van der Waals surface area contributed by atoms with Crippen molar-refractivity contribution in [2.75, 3.05) is 0 Å². The number of carboxylic acid groups (broad SMARTS) is 1. The minimum absolute atomic E-state index is 0.214. The summed E-state index contributed by atoms with van der Waals surface area (Å²) in [6, 6.07) is 8.89. The number of nitrogens with zero attached hydrogens (tertiary/aromatic N) is 2. The number of carbonyl (C=O) groups excluding carboxylic acids is 1. The number of carboxylic acids is 1. The van der Waals surface area contributed by atoms with E-state index in [1.165, 1.54) is 0 Å². The first-order valence-corrected chi connectivity index (χ1v) is 7.73. The highest BCUT2D eigenvalue weighted by molar-refractivity contribution is 5.94. The van der Waals surface area contributed by atoms with Gasteiger partial charge in [0, 0.05) is 24.0 Å². The molecule has 0 bridgehead atoms. The van der Waals surface area contributed by atoms with Gasteiger partial charge in [0.2, 0.25) is 0 Å². The molecule has 6 nitrogen and oxygen atoms in total. The monoisotopic (exact) mass is 313 g/mol. The third kappa shape index (κ3) is 3.59. The zero-order valence-corrected chi connectivity index (χ0v) is 12.7. The van der Waals surface area contributed by atoms with Gasteiger partial charge in [-0.2, -0.15) is 5.10 Å². The Kier molecular flexibility index (Phi) is 4.41. The summed E-state index contributed by atoms with van der Waals surface area (Å²) in [4.78, 5) is 23.4. The number of benzene rings is 1. The maximum atomic E-state index is 12.3. The third-order valence-electron chi connectivity index (χ3n) is 4.27. The SMILES string of the molecule is O=C(N[C@H]1CCC[C@H]1C(=O)O)c1ccc(Cn2cccn2)cc1. The van der Waals surface area contributed by atoms with Gasteiger partial charge in [-0.3, -0.25) is 14.3 Å². The van der Waals surface area contributed by atoms with E-state index >= 15 is 0 Å². The highest BCUT2D eigenvalue weighted by atomic mass is 16.4. The van der Waals surface area contributed by atoms with Crippen LogP contribution in [0.15, 0.2) is 42.7 Å². The van der Waals surface area contributed by atoms with Crippen LogP contribution in [-0.4, -0.2) is 32.8 Å². The molecule has 23 heavy (non-hydrogen) atoms. The first kappa shape index (κ1) is 15.3. The van der Waals surface area contributed by atoms with E-state index in [4.69, 9.17) is 5.11 Å². The van der Waals surface area contributed by atoms with E-state index in [1.807, 2.05) is 29.1 Å². The molecule has 0 spiro atoms. The van der Waals surface area contributed by atoms with Crippen molar-refractivity contribution in [1.82, 2.24) is 15.1 Å². The molecule has 1 fully saturated rings. The Hall–Kier alpha value is -2.63. The van der Waals surface area contributed by atoms with Crippen LogP contribution in [0.1, 0.15) is 35.2 Å². The van der Waals surface area contributed by atoms with Crippen LogP contribution >= 0.6 is 0 Å². The van der Waals surface area contributed by atoms with Crippen LogP contribution in [0.4, 0.5) is 0 Å². The van der Waals surface area contributed by atoms with Crippen molar-refractivity contribution in [3.8, 4) is 0 Å². The number of aromatic nitrogens is 2. The lowest BCUT2D eigenvalue weighted by Crippen LogP contribution is -2.40. The molecule has 1 amide bonds. The molecule has 1 aromatic carbocycles. The van der Waals surface area contributed by atoms with Crippen LogP contribution in [0.25, 0.3) is 0 Å². The average molecular weight is 313 g/mol. The quantitative estimate of drug-likeness (QED) is 0.883. The Balaban J connectivity index is 1.62. The lowest BCUT2D eigenvalue weighted by atomic mass is 10.0. The van der Waals surface area contributed by atoms with Crippen molar-refractivity contribution in [3.05, 3.63) is 53.9 Å². The van der Waals surface area contributed by atoms with Gasteiger partial charge in [0.05, 0.1) is 12.5 Å². The summed E-state index contributed by atoms with van der Waals surface area (Å²) in [6.07, 6.45) is 5.79. The first-order chi connectivity index (χ1) is 11.1. The summed E-state index contributed by atoms with van der Waals surface area (Å²) in [6.45, 7) is 0.651. The summed E-state index contributed by atoms with van der Waals surface area (Å²) in [5.74, 6) is -1.52. The molecule has 120 valence electrons. The van der Waals surface area contributed by atoms with Crippen LogP contribution in [-0.2, 0) is 11.3 Å². The molecule has 3 rings (SSSR count). The molecule has 0 radical (unpaired) electrons. The van der Waals surface area contributed by atoms with Gasteiger partial charge in [-0.1, -0.05) is 18.6 Å². The van der Waals surface area contributed by atoms with Gasteiger partial charge in [0.1, 0.15) is 0 Å². The van der Waals surface area contributed by atoms with E-state index in [2.05, 4.69) is 10.4 Å². The highest BCUT2D eigenvalue weighted by Gasteiger charge is 2.33. The Morgan fingerprint density at radius 1 is 1.26 bits per heavy atom. The van der Waals surface area contributed by atoms with Crippen molar-refractivity contribution in [2.45, 2.75) is 31.8 Å². The van der Waals surface area contributed by atoms with E-state index in [0.717, 1.165) is 18.4 Å². The van der Waals surface area contributed by atoms with Gasteiger partial charge in [0.25, 0.3) is 5.91 Å². The van der Waals surface area contributed by atoms with E-state index in [1.54, 1.807) is 18.3 Å². The maximum Gasteiger partial charge on any atom is 0.308 e. The van der Waals surface area contributed by atoms with Crippen LogP contribution < -0.4 is 5.32 Å². The van der Waals surface area contributed by atoms with Crippen molar-refractivity contribution in [2.24, 2.45) is 5.92 Å². The van der Waals surface area contributed by atoms with Gasteiger partial charge >= 0.3 is 5.97 Å². The van der Waals surface area contributed by atoms with Gasteiger partial charge in [0.15, 0.2) is 0 Å². The van der Waals surface area contributed by atoms with Crippen molar-refractivity contribution < 1.29 is 14.7 Å². The molecule has 2 aromatic rings. The Bertz CT molecular complexity index is 680. The number of carbonyl (C=O) groups is 2. The fourth-order valence-corrected chi connectivity index (χ4v) is 3.02. The smallest absolute Gasteiger partial charge is 0.308 e.